The van der Waals surface area contributed by atoms with Crippen LogP contribution < -0.4 is 14.8 Å². The number of nitrogens with zero attached hydrogens (tertiary/aromatic N) is 1. The van der Waals surface area contributed by atoms with E-state index in [4.69, 9.17) is 9.47 Å². The van der Waals surface area contributed by atoms with E-state index in [-0.39, 0.29) is 18.4 Å². The average Bonchev–Trinajstić information content (AvgIpc) is 2.74. The first-order chi connectivity index (χ1) is 13.5. The van der Waals surface area contributed by atoms with Crippen molar-refractivity contribution >= 4 is 17.9 Å². The van der Waals surface area contributed by atoms with Gasteiger partial charge in [0.1, 0.15) is 0 Å². The van der Waals surface area contributed by atoms with Gasteiger partial charge in [-0.2, -0.15) is 0 Å². The molecule has 0 radical (unpaired) electrons. The van der Waals surface area contributed by atoms with Crippen LogP contribution in [0.4, 0.5) is 0 Å². The van der Waals surface area contributed by atoms with Gasteiger partial charge in [0.15, 0.2) is 11.5 Å². The second-order valence-electron chi connectivity index (χ2n) is 6.22. The summed E-state index contributed by atoms with van der Waals surface area (Å²) in [7, 11) is 4.90. The van der Waals surface area contributed by atoms with Crippen molar-refractivity contribution < 1.29 is 19.1 Å². The Morgan fingerprint density at radius 2 is 1.75 bits per heavy atom. The number of hydrogen-bond acceptors (Lipinski definition) is 4. The van der Waals surface area contributed by atoms with Crippen LogP contribution in [0.1, 0.15) is 11.1 Å². The Bertz CT molecular complexity index is 819. The number of hydrogen-bond donors (Lipinski definition) is 1. The number of rotatable bonds is 9. The highest BCUT2D eigenvalue weighted by atomic mass is 16.5. The first-order valence-electron chi connectivity index (χ1n) is 8.99. The highest BCUT2D eigenvalue weighted by Crippen LogP contribution is 2.27. The zero-order chi connectivity index (χ0) is 20.4. The third kappa shape index (κ3) is 6.46. The smallest absolute Gasteiger partial charge is 0.244 e. The quantitative estimate of drug-likeness (QED) is 0.677. The molecular weight excluding hydrogens is 356 g/mol. The molecule has 28 heavy (non-hydrogen) atoms. The SMILES string of the molecule is COc1ccc(CCN(C)C(=O)CNC(=O)/C=C/c2ccccc2)cc1OC. The maximum absolute atomic E-state index is 12.2. The zero-order valence-electron chi connectivity index (χ0n) is 16.5. The van der Waals surface area contributed by atoms with E-state index < -0.39 is 0 Å². The van der Waals surface area contributed by atoms with Gasteiger partial charge in [-0.05, 0) is 35.8 Å². The van der Waals surface area contributed by atoms with Gasteiger partial charge in [-0.1, -0.05) is 36.4 Å². The maximum atomic E-state index is 12.2. The van der Waals surface area contributed by atoms with Crippen molar-refractivity contribution in [3.63, 3.8) is 0 Å². The summed E-state index contributed by atoms with van der Waals surface area (Å²) < 4.78 is 10.5. The van der Waals surface area contributed by atoms with Gasteiger partial charge >= 0.3 is 0 Å². The molecule has 0 saturated carbocycles. The zero-order valence-corrected chi connectivity index (χ0v) is 16.5. The van der Waals surface area contributed by atoms with E-state index >= 15 is 0 Å². The molecule has 0 aromatic heterocycles. The number of benzene rings is 2. The molecule has 0 aliphatic rings. The third-order valence-corrected chi connectivity index (χ3v) is 4.25. The Labute approximate surface area is 165 Å². The lowest BCUT2D eigenvalue weighted by Gasteiger charge is -2.18. The summed E-state index contributed by atoms with van der Waals surface area (Å²) in [6.07, 6.45) is 3.80. The molecule has 148 valence electrons. The number of carbonyl (C=O) groups is 2. The molecule has 0 atom stereocenters. The minimum Gasteiger partial charge on any atom is -0.493 e. The average molecular weight is 382 g/mol. The van der Waals surface area contributed by atoms with Gasteiger partial charge in [-0.25, -0.2) is 0 Å². The minimum absolute atomic E-state index is 0.0413. The van der Waals surface area contributed by atoms with Crippen LogP contribution in [0.2, 0.25) is 0 Å². The molecule has 0 spiro atoms. The van der Waals surface area contributed by atoms with Crippen molar-refractivity contribution in [3.05, 3.63) is 65.7 Å². The van der Waals surface area contributed by atoms with Crippen LogP contribution in [-0.2, 0) is 16.0 Å². The molecule has 2 rings (SSSR count). The lowest BCUT2D eigenvalue weighted by molar-refractivity contribution is -0.130. The van der Waals surface area contributed by atoms with Gasteiger partial charge in [0.2, 0.25) is 11.8 Å². The molecular formula is C22H26N2O4. The van der Waals surface area contributed by atoms with E-state index in [2.05, 4.69) is 5.32 Å². The summed E-state index contributed by atoms with van der Waals surface area (Å²) >= 11 is 0. The molecule has 0 bridgehead atoms. The normalized spacial score (nSPS) is 10.5. The summed E-state index contributed by atoms with van der Waals surface area (Å²) in [5.41, 5.74) is 1.96. The van der Waals surface area contributed by atoms with Crippen molar-refractivity contribution in [3.8, 4) is 11.5 Å². The molecule has 2 amide bonds. The van der Waals surface area contributed by atoms with E-state index in [1.54, 1.807) is 32.2 Å². The number of amides is 2. The molecule has 6 nitrogen and oxygen atoms in total. The number of nitrogens with one attached hydrogen (secondary N) is 1. The van der Waals surface area contributed by atoms with E-state index in [1.807, 2.05) is 48.5 Å². The number of likely N-dealkylation sites (N-methyl/N-ethyl adjacent to an activating group) is 1. The summed E-state index contributed by atoms with van der Waals surface area (Å²) in [4.78, 5) is 25.7. The lowest BCUT2D eigenvalue weighted by Crippen LogP contribution is -2.38. The van der Waals surface area contributed by atoms with Crippen LogP contribution in [0.15, 0.2) is 54.6 Å². The summed E-state index contributed by atoms with van der Waals surface area (Å²) in [6, 6.07) is 15.2. The largest absolute Gasteiger partial charge is 0.493 e. The van der Waals surface area contributed by atoms with Crippen molar-refractivity contribution in [2.24, 2.45) is 0 Å². The van der Waals surface area contributed by atoms with Gasteiger partial charge in [-0.15, -0.1) is 0 Å². The Hall–Kier alpha value is -3.28. The van der Waals surface area contributed by atoms with E-state index in [0.29, 0.717) is 24.5 Å². The standard InChI is InChI=1S/C22H26N2O4/c1-24(14-13-18-9-11-19(27-2)20(15-18)28-3)22(26)16-23-21(25)12-10-17-7-5-4-6-8-17/h4-12,15H,13-14,16H2,1-3H3,(H,23,25)/b12-10+. The van der Waals surface area contributed by atoms with Crippen LogP contribution in [0, 0.1) is 0 Å². The first kappa shape index (κ1) is 21.0. The van der Waals surface area contributed by atoms with Gasteiger partial charge < -0.3 is 19.7 Å². The maximum Gasteiger partial charge on any atom is 0.244 e. The predicted molar refractivity (Wildman–Crippen MR) is 109 cm³/mol. The van der Waals surface area contributed by atoms with Crippen LogP contribution in [0.25, 0.3) is 6.08 Å². The molecule has 1 N–H and O–H groups in total. The second-order valence-corrected chi connectivity index (χ2v) is 6.22. The molecule has 2 aromatic rings. The molecule has 0 heterocycles. The van der Waals surface area contributed by atoms with Crippen LogP contribution in [-0.4, -0.2) is 51.1 Å². The van der Waals surface area contributed by atoms with E-state index in [9.17, 15) is 9.59 Å². The topological polar surface area (TPSA) is 67.9 Å². The molecule has 0 aliphatic carbocycles. The fourth-order valence-corrected chi connectivity index (χ4v) is 2.55. The van der Waals surface area contributed by atoms with Crippen molar-refractivity contribution in [1.29, 1.82) is 0 Å². The highest BCUT2D eigenvalue weighted by molar-refractivity contribution is 5.94. The molecule has 0 saturated heterocycles. The van der Waals surface area contributed by atoms with Gasteiger partial charge in [-0.3, -0.25) is 9.59 Å². The fourth-order valence-electron chi connectivity index (χ4n) is 2.55. The number of ether oxygens (including phenoxy) is 2. The van der Waals surface area contributed by atoms with Crippen molar-refractivity contribution in [1.82, 2.24) is 10.2 Å². The van der Waals surface area contributed by atoms with Crippen molar-refractivity contribution in [2.45, 2.75) is 6.42 Å². The van der Waals surface area contributed by atoms with Gasteiger partial charge in [0, 0.05) is 19.7 Å². The summed E-state index contributed by atoms with van der Waals surface area (Å²) in [5, 5.41) is 2.61. The van der Waals surface area contributed by atoms with Crippen molar-refractivity contribution in [2.75, 3.05) is 34.4 Å². The Balaban J connectivity index is 1.78. The number of carbonyl (C=O) groups excluding carboxylic acids is 2. The Morgan fingerprint density at radius 1 is 1.04 bits per heavy atom. The first-order valence-corrected chi connectivity index (χ1v) is 8.99. The minimum atomic E-state index is -0.300. The molecule has 0 aliphatic heterocycles. The fraction of sp³-hybridized carbons (Fsp3) is 0.273. The van der Waals surface area contributed by atoms with Crippen LogP contribution in [0.5, 0.6) is 11.5 Å². The molecule has 0 fully saturated rings. The molecule has 2 aromatic carbocycles. The molecule has 0 unspecified atom stereocenters. The number of methoxy groups -OCH3 is 2. The molecule has 6 heteroatoms. The summed E-state index contributed by atoms with van der Waals surface area (Å²) in [5.74, 6) is 0.876. The monoisotopic (exact) mass is 382 g/mol. The highest BCUT2D eigenvalue weighted by Gasteiger charge is 2.11. The van der Waals surface area contributed by atoms with Crippen LogP contribution in [0.3, 0.4) is 0 Å². The Morgan fingerprint density at radius 3 is 2.43 bits per heavy atom. The second kappa shape index (κ2) is 10.8. The predicted octanol–water partition coefficient (Wildman–Crippen LogP) is 2.53. The lowest BCUT2D eigenvalue weighted by atomic mass is 10.1. The van der Waals surface area contributed by atoms with Gasteiger partial charge in [0.25, 0.3) is 0 Å². The Kier molecular flexibility index (Phi) is 8.09. The summed E-state index contributed by atoms with van der Waals surface area (Å²) in [6.45, 7) is 0.491. The van der Waals surface area contributed by atoms with Crippen LogP contribution >= 0.6 is 0 Å². The van der Waals surface area contributed by atoms with E-state index in [0.717, 1.165) is 11.1 Å². The van der Waals surface area contributed by atoms with Gasteiger partial charge in [0.05, 0.1) is 20.8 Å². The third-order valence-electron chi connectivity index (χ3n) is 4.25. The van der Waals surface area contributed by atoms with E-state index in [1.165, 1.54) is 6.08 Å².